The van der Waals surface area contributed by atoms with Gasteiger partial charge in [0.2, 0.25) is 0 Å². The molecule has 388 valence electrons. The maximum atomic E-state index is 12.8. The minimum atomic E-state index is -0.560. The van der Waals surface area contributed by atoms with Crippen LogP contribution in [0.1, 0.15) is 252 Å². The predicted molar refractivity (Wildman–Crippen MR) is 297 cm³/mol. The first-order valence-electron chi connectivity index (χ1n) is 28.4. The number of hydrogen-bond acceptors (Lipinski definition) is 5. The van der Waals surface area contributed by atoms with Gasteiger partial charge in [-0.25, -0.2) is 0 Å². The van der Waals surface area contributed by atoms with E-state index in [4.69, 9.17) is 14.2 Å². The van der Waals surface area contributed by atoms with Gasteiger partial charge >= 0.3 is 11.9 Å². The van der Waals surface area contributed by atoms with E-state index in [1.54, 1.807) is 0 Å². The molecule has 0 aromatic carbocycles. The number of hydrogen-bond donors (Lipinski definition) is 0. The molecule has 0 aliphatic heterocycles. The fourth-order valence-electron chi connectivity index (χ4n) is 7.60. The Bertz CT molecular complexity index is 1340. The Hall–Kier alpha value is -3.44. The molecule has 5 nitrogen and oxygen atoms in total. The molecule has 0 saturated carbocycles. The van der Waals surface area contributed by atoms with E-state index in [0.717, 1.165) is 116 Å². The van der Waals surface area contributed by atoms with Crippen LogP contribution in [0, 0.1) is 0 Å². The van der Waals surface area contributed by atoms with Gasteiger partial charge in [-0.1, -0.05) is 226 Å². The van der Waals surface area contributed by atoms with Crippen molar-refractivity contribution in [1.82, 2.24) is 0 Å². The monoisotopic (exact) mass is 943 g/mol. The van der Waals surface area contributed by atoms with Crippen LogP contribution < -0.4 is 0 Å². The summed E-state index contributed by atoms with van der Waals surface area (Å²) in [6, 6.07) is 0. The van der Waals surface area contributed by atoms with Crippen molar-refractivity contribution in [2.45, 2.75) is 258 Å². The largest absolute Gasteiger partial charge is 0.462 e. The summed E-state index contributed by atoms with van der Waals surface area (Å²) in [6.07, 6.45) is 79.6. The summed E-state index contributed by atoms with van der Waals surface area (Å²) in [6.45, 7) is 7.55. The molecule has 1 atom stereocenters. The number of ether oxygens (including phenoxy) is 3. The van der Waals surface area contributed by atoms with Crippen molar-refractivity contribution >= 4 is 11.9 Å². The first-order valence-corrected chi connectivity index (χ1v) is 28.4. The van der Waals surface area contributed by atoms with Gasteiger partial charge in [-0.2, -0.15) is 0 Å². The molecule has 0 aliphatic carbocycles. The summed E-state index contributed by atoms with van der Waals surface area (Å²) in [4.78, 5) is 25.5. The van der Waals surface area contributed by atoms with Crippen LogP contribution in [0.2, 0.25) is 0 Å². The minimum absolute atomic E-state index is 0.0644. The van der Waals surface area contributed by atoms with Gasteiger partial charge in [0.1, 0.15) is 6.61 Å². The van der Waals surface area contributed by atoms with Crippen LogP contribution in [0.25, 0.3) is 0 Å². The summed E-state index contributed by atoms with van der Waals surface area (Å²) in [7, 11) is 0. The number of rotatable bonds is 51. The predicted octanol–water partition coefficient (Wildman–Crippen LogP) is 19.6. The highest BCUT2D eigenvalue weighted by atomic mass is 16.6. The fourth-order valence-corrected chi connectivity index (χ4v) is 7.60. The second kappa shape index (κ2) is 57.9. The SMILES string of the molecule is CC/C=C\C/C=C\C/C=C\C/C=C\CCCCCCCCCOCC(COC(=O)CCCCCCCC/C=C\C/C=C\C/C=C\C/C=C\CC)OC(=O)CCCCCCC/C=C\CCCCCC. The van der Waals surface area contributed by atoms with Crippen LogP contribution in [0.5, 0.6) is 0 Å². The number of allylic oxidation sites excluding steroid dienone is 18. The summed E-state index contributed by atoms with van der Waals surface area (Å²) in [5, 5.41) is 0. The first-order chi connectivity index (χ1) is 33.6. The molecule has 0 rings (SSSR count). The highest BCUT2D eigenvalue weighted by Crippen LogP contribution is 2.14. The summed E-state index contributed by atoms with van der Waals surface area (Å²) in [5.41, 5.74) is 0. The van der Waals surface area contributed by atoms with Gasteiger partial charge in [0.25, 0.3) is 0 Å². The van der Waals surface area contributed by atoms with Gasteiger partial charge in [0.15, 0.2) is 6.10 Å². The van der Waals surface area contributed by atoms with E-state index in [1.807, 2.05) is 0 Å². The van der Waals surface area contributed by atoms with E-state index >= 15 is 0 Å². The fraction of sp³-hybridized carbons (Fsp3) is 0.683. The lowest BCUT2D eigenvalue weighted by atomic mass is 10.1. The molecular weight excluding hydrogens is 837 g/mol. The number of carbonyl (C=O) groups is 2. The molecule has 0 saturated heterocycles. The van der Waals surface area contributed by atoms with Gasteiger partial charge in [0.05, 0.1) is 6.61 Å². The average Bonchev–Trinajstić information content (AvgIpc) is 3.34. The number of esters is 2. The zero-order chi connectivity index (χ0) is 49.2. The van der Waals surface area contributed by atoms with Crippen molar-refractivity contribution < 1.29 is 23.8 Å². The molecule has 0 aliphatic rings. The van der Waals surface area contributed by atoms with Gasteiger partial charge < -0.3 is 14.2 Å². The van der Waals surface area contributed by atoms with Crippen LogP contribution in [0.15, 0.2) is 109 Å². The van der Waals surface area contributed by atoms with Gasteiger partial charge in [-0.3, -0.25) is 9.59 Å². The van der Waals surface area contributed by atoms with E-state index in [9.17, 15) is 9.59 Å². The number of unbranched alkanes of at least 4 members (excludes halogenated alkanes) is 22. The molecule has 68 heavy (non-hydrogen) atoms. The molecule has 1 unspecified atom stereocenters. The van der Waals surface area contributed by atoms with Crippen LogP contribution >= 0.6 is 0 Å². The van der Waals surface area contributed by atoms with Gasteiger partial charge in [-0.05, 0) is 122 Å². The standard InChI is InChI=1S/C63H106O5/c1-4-7-10-13-16-19-22-25-27-29-31-33-35-37-40-43-46-49-52-55-58-66-59-61(68-63(65)57-54-51-48-45-42-38-24-21-18-15-12-9-6-3)60-67-62(64)56-53-50-47-44-41-39-36-34-32-30-28-26-23-20-17-14-11-8-5-2/h7-8,10-11,16-17,19-21,24-28,31-34,61H,4-6,9,12-15,18,22-23,29-30,35-60H2,1-3H3/b10-7-,11-8-,19-16-,20-17-,24-21-,27-25-,28-26-,33-31-,34-32-. The lowest BCUT2D eigenvalue weighted by Gasteiger charge is -2.18. The molecule has 0 spiro atoms. The third kappa shape index (κ3) is 55.2. The average molecular weight is 944 g/mol. The lowest BCUT2D eigenvalue weighted by molar-refractivity contribution is -0.163. The second-order valence-corrected chi connectivity index (χ2v) is 18.4. The Morgan fingerprint density at radius 3 is 1.07 bits per heavy atom. The van der Waals surface area contributed by atoms with Crippen molar-refractivity contribution in [3.63, 3.8) is 0 Å². The van der Waals surface area contributed by atoms with Gasteiger partial charge in [0, 0.05) is 19.4 Å². The third-order valence-electron chi connectivity index (χ3n) is 11.8. The zero-order valence-electron chi connectivity index (χ0n) is 44.6. The minimum Gasteiger partial charge on any atom is -0.462 e. The van der Waals surface area contributed by atoms with Gasteiger partial charge in [-0.15, -0.1) is 0 Å². The van der Waals surface area contributed by atoms with Crippen LogP contribution in [0.3, 0.4) is 0 Å². The molecule has 0 aromatic heterocycles. The molecule has 0 heterocycles. The topological polar surface area (TPSA) is 61.8 Å². The lowest BCUT2D eigenvalue weighted by Crippen LogP contribution is -2.30. The highest BCUT2D eigenvalue weighted by molar-refractivity contribution is 5.70. The molecular formula is C63H106O5. The van der Waals surface area contributed by atoms with E-state index in [0.29, 0.717) is 19.4 Å². The smallest absolute Gasteiger partial charge is 0.306 e. The van der Waals surface area contributed by atoms with Crippen LogP contribution in [-0.2, 0) is 23.8 Å². The van der Waals surface area contributed by atoms with Crippen molar-refractivity contribution in [2.24, 2.45) is 0 Å². The molecule has 0 aromatic rings. The van der Waals surface area contributed by atoms with Crippen molar-refractivity contribution in [2.75, 3.05) is 19.8 Å². The molecule has 0 N–H and O–H groups in total. The van der Waals surface area contributed by atoms with Crippen LogP contribution in [0.4, 0.5) is 0 Å². The summed E-state index contributed by atoms with van der Waals surface area (Å²) >= 11 is 0. The Morgan fingerprint density at radius 1 is 0.338 bits per heavy atom. The Morgan fingerprint density at radius 2 is 0.662 bits per heavy atom. The quantitative estimate of drug-likeness (QED) is 0.0345. The van der Waals surface area contributed by atoms with E-state index in [-0.39, 0.29) is 25.2 Å². The van der Waals surface area contributed by atoms with Crippen molar-refractivity contribution in [1.29, 1.82) is 0 Å². The Kier molecular flexibility index (Phi) is 54.9. The van der Waals surface area contributed by atoms with Crippen LogP contribution in [-0.4, -0.2) is 37.9 Å². The van der Waals surface area contributed by atoms with E-state index in [2.05, 4.69) is 130 Å². The maximum absolute atomic E-state index is 12.8. The van der Waals surface area contributed by atoms with Crippen molar-refractivity contribution in [3.05, 3.63) is 109 Å². The Labute approximate surface area is 421 Å². The second-order valence-electron chi connectivity index (χ2n) is 18.4. The van der Waals surface area contributed by atoms with E-state index < -0.39 is 6.10 Å². The summed E-state index contributed by atoms with van der Waals surface area (Å²) in [5.74, 6) is -0.431. The molecule has 0 radical (unpaired) electrons. The molecule has 5 heteroatoms. The molecule has 0 fully saturated rings. The van der Waals surface area contributed by atoms with E-state index in [1.165, 1.54) is 103 Å². The zero-order valence-corrected chi connectivity index (χ0v) is 44.6. The molecule has 0 bridgehead atoms. The third-order valence-corrected chi connectivity index (χ3v) is 11.8. The molecule has 0 amide bonds. The maximum Gasteiger partial charge on any atom is 0.306 e. The first kappa shape index (κ1) is 64.6. The summed E-state index contributed by atoms with van der Waals surface area (Å²) < 4.78 is 17.4. The number of carbonyl (C=O) groups excluding carboxylic acids is 2. The Balaban J connectivity index is 4.32. The normalized spacial score (nSPS) is 13.0. The van der Waals surface area contributed by atoms with Crippen molar-refractivity contribution in [3.8, 4) is 0 Å². The highest BCUT2D eigenvalue weighted by Gasteiger charge is 2.17.